The molecule has 0 aliphatic heterocycles. The van der Waals surface area contributed by atoms with Gasteiger partial charge < -0.3 is 15.2 Å². The summed E-state index contributed by atoms with van der Waals surface area (Å²) in [6.45, 7) is 3.64. The summed E-state index contributed by atoms with van der Waals surface area (Å²) in [5, 5.41) is 0. The van der Waals surface area contributed by atoms with Crippen LogP contribution in [0.2, 0.25) is 0 Å². The summed E-state index contributed by atoms with van der Waals surface area (Å²) in [5.41, 5.74) is 6.72. The molecule has 0 atom stereocenters. The second kappa shape index (κ2) is 8.81. The third-order valence-electron chi connectivity index (χ3n) is 2.92. The van der Waals surface area contributed by atoms with Gasteiger partial charge in [0.15, 0.2) is 11.5 Å². The second-order valence-electron chi connectivity index (χ2n) is 4.40. The summed E-state index contributed by atoms with van der Waals surface area (Å²) in [6, 6.07) is 6.06. The molecular weight excluding hydrogens is 226 g/mol. The summed E-state index contributed by atoms with van der Waals surface area (Å²) < 4.78 is 11.3. The van der Waals surface area contributed by atoms with E-state index < -0.39 is 0 Å². The van der Waals surface area contributed by atoms with Crippen LogP contribution in [-0.4, -0.2) is 20.3 Å². The highest BCUT2D eigenvalue weighted by atomic mass is 16.5. The van der Waals surface area contributed by atoms with Crippen molar-refractivity contribution in [3.8, 4) is 11.5 Å². The van der Waals surface area contributed by atoms with E-state index in [2.05, 4.69) is 13.0 Å². The molecule has 3 heteroatoms. The van der Waals surface area contributed by atoms with Gasteiger partial charge in [0.05, 0.1) is 13.7 Å². The first-order valence-electron chi connectivity index (χ1n) is 6.82. The molecule has 0 fully saturated rings. The standard InChI is InChI=1S/C15H25NO2/c1-3-4-5-12-18-14-10-6-8-13(9-7-11-16)15(14)17-2/h6,8,10H,3-5,7,9,11-12,16H2,1-2H3. The molecule has 3 nitrogen and oxygen atoms in total. The Kier molecular flexibility index (Phi) is 7.26. The van der Waals surface area contributed by atoms with Crippen LogP contribution in [0.1, 0.15) is 38.2 Å². The summed E-state index contributed by atoms with van der Waals surface area (Å²) in [6.07, 6.45) is 5.40. The Morgan fingerprint density at radius 2 is 2.00 bits per heavy atom. The lowest BCUT2D eigenvalue weighted by molar-refractivity contribution is 0.284. The zero-order valence-corrected chi connectivity index (χ0v) is 11.6. The van der Waals surface area contributed by atoms with Crippen LogP contribution in [0.15, 0.2) is 18.2 Å². The Morgan fingerprint density at radius 3 is 2.67 bits per heavy atom. The highest BCUT2D eigenvalue weighted by Crippen LogP contribution is 2.31. The monoisotopic (exact) mass is 251 g/mol. The number of hydrogen-bond donors (Lipinski definition) is 1. The van der Waals surface area contributed by atoms with Crippen molar-refractivity contribution in [1.29, 1.82) is 0 Å². The maximum absolute atomic E-state index is 5.79. The average molecular weight is 251 g/mol. The molecule has 0 aliphatic rings. The minimum absolute atomic E-state index is 0.699. The summed E-state index contributed by atoms with van der Waals surface area (Å²) in [5.74, 6) is 1.71. The fraction of sp³-hybridized carbons (Fsp3) is 0.600. The van der Waals surface area contributed by atoms with Gasteiger partial charge in [0.25, 0.3) is 0 Å². The molecular formula is C15H25NO2. The number of methoxy groups -OCH3 is 1. The maximum atomic E-state index is 5.79. The van der Waals surface area contributed by atoms with Crippen LogP contribution in [0, 0.1) is 0 Å². The van der Waals surface area contributed by atoms with Crippen LogP contribution in [0.25, 0.3) is 0 Å². The first-order valence-corrected chi connectivity index (χ1v) is 6.82. The molecule has 0 amide bonds. The number of para-hydroxylation sites is 1. The van der Waals surface area contributed by atoms with Crippen LogP contribution in [-0.2, 0) is 6.42 Å². The fourth-order valence-electron chi connectivity index (χ4n) is 1.93. The molecule has 102 valence electrons. The quantitative estimate of drug-likeness (QED) is 0.686. The lowest BCUT2D eigenvalue weighted by Gasteiger charge is -2.14. The third kappa shape index (κ3) is 4.57. The van der Waals surface area contributed by atoms with Gasteiger partial charge in [-0.15, -0.1) is 0 Å². The molecule has 0 unspecified atom stereocenters. The van der Waals surface area contributed by atoms with E-state index in [9.17, 15) is 0 Å². The van der Waals surface area contributed by atoms with Crippen LogP contribution in [0.4, 0.5) is 0 Å². The number of nitrogens with two attached hydrogens (primary N) is 1. The Bertz CT molecular complexity index is 339. The molecule has 1 aromatic rings. The smallest absolute Gasteiger partial charge is 0.163 e. The Morgan fingerprint density at radius 1 is 1.17 bits per heavy atom. The van der Waals surface area contributed by atoms with Gasteiger partial charge in [0, 0.05) is 0 Å². The number of ether oxygens (including phenoxy) is 2. The largest absolute Gasteiger partial charge is 0.493 e. The number of hydrogen-bond acceptors (Lipinski definition) is 3. The van der Waals surface area contributed by atoms with Gasteiger partial charge in [-0.05, 0) is 37.4 Å². The van der Waals surface area contributed by atoms with Gasteiger partial charge in [-0.2, -0.15) is 0 Å². The van der Waals surface area contributed by atoms with Gasteiger partial charge >= 0.3 is 0 Å². The fourth-order valence-corrected chi connectivity index (χ4v) is 1.93. The molecule has 0 saturated heterocycles. The van der Waals surface area contributed by atoms with E-state index in [0.29, 0.717) is 6.54 Å². The van der Waals surface area contributed by atoms with Gasteiger partial charge in [0.2, 0.25) is 0 Å². The lowest BCUT2D eigenvalue weighted by Crippen LogP contribution is -2.04. The van der Waals surface area contributed by atoms with Crippen LogP contribution >= 0.6 is 0 Å². The van der Waals surface area contributed by atoms with Gasteiger partial charge in [-0.1, -0.05) is 31.9 Å². The summed E-state index contributed by atoms with van der Waals surface area (Å²) >= 11 is 0. The molecule has 18 heavy (non-hydrogen) atoms. The maximum Gasteiger partial charge on any atom is 0.163 e. The molecule has 0 aliphatic carbocycles. The van der Waals surface area contributed by atoms with Gasteiger partial charge in [0.1, 0.15) is 0 Å². The molecule has 2 N–H and O–H groups in total. The molecule has 0 spiro atoms. The molecule has 0 bridgehead atoms. The Labute approximate surface area is 110 Å². The van der Waals surface area contributed by atoms with E-state index in [-0.39, 0.29) is 0 Å². The van der Waals surface area contributed by atoms with Crippen molar-refractivity contribution in [2.75, 3.05) is 20.3 Å². The molecule has 0 aromatic heterocycles. The first kappa shape index (κ1) is 14.8. The summed E-state index contributed by atoms with van der Waals surface area (Å²) in [7, 11) is 1.69. The Hall–Kier alpha value is -1.22. The highest BCUT2D eigenvalue weighted by Gasteiger charge is 2.09. The van der Waals surface area contributed by atoms with E-state index >= 15 is 0 Å². The van der Waals surface area contributed by atoms with Crippen molar-refractivity contribution in [2.24, 2.45) is 5.73 Å². The summed E-state index contributed by atoms with van der Waals surface area (Å²) in [4.78, 5) is 0. The Balaban J connectivity index is 2.65. The van der Waals surface area contributed by atoms with Gasteiger partial charge in [-0.3, -0.25) is 0 Å². The number of benzene rings is 1. The van der Waals surface area contributed by atoms with Crippen molar-refractivity contribution in [3.05, 3.63) is 23.8 Å². The van der Waals surface area contributed by atoms with Crippen molar-refractivity contribution < 1.29 is 9.47 Å². The van der Waals surface area contributed by atoms with E-state index in [1.807, 2.05) is 12.1 Å². The van der Waals surface area contributed by atoms with Crippen LogP contribution < -0.4 is 15.2 Å². The van der Waals surface area contributed by atoms with Gasteiger partial charge in [-0.25, -0.2) is 0 Å². The minimum atomic E-state index is 0.699. The molecule has 0 radical (unpaired) electrons. The molecule has 0 saturated carbocycles. The van der Waals surface area contributed by atoms with E-state index in [1.165, 1.54) is 18.4 Å². The number of aryl methyl sites for hydroxylation is 1. The zero-order chi connectivity index (χ0) is 13.2. The zero-order valence-electron chi connectivity index (χ0n) is 11.6. The van der Waals surface area contributed by atoms with Crippen molar-refractivity contribution >= 4 is 0 Å². The predicted molar refractivity (Wildman–Crippen MR) is 75.4 cm³/mol. The normalized spacial score (nSPS) is 10.4. The van der Waals surface area contributed by atoms with Crippen molar-refractivity contribution in [3.63, 3.8) is 0 Å². The number of unbranched alkanes of at least 4 members (excludes halogenated alkanes) is 2. The van der Waals surface area contributed by atoms with E-state index in [0.717, 1.165) is 37.4 Å². The predicted octanol–water partition coefficient (Wildman–Crippen LogP) is 3.16. The van der Waals surface area contributed by atoms with Crippen LogP contribution in [0.5, 0.6) is 11.5 Å². The topological polar surface area (TPSA) is 44.5 Å². The first-order chi connectivity index (χ1) is 8.83. The lowest BCUT2D eigenvalue weighted by atomic mass is 10.1. The SMILES string of the molecule is CCCCCOc1cccc(CCCN)c1OC. The van der Waals surface area contributed by atoms with E-state index in [4.69, 9.17) is 15.2 Å². The van der Waals surface area contributed by atoms with Crippen LogP contribution in [0.3, 0.4) is 0 Å². The third-order valence-corrected chi connectivity index (χ3v) is 2.92. The van der Waals surface area contributed by atoms with Crippen molar-refractivity contribution in [1.82, 2.24) is 0 Å². The van der Waals surface area contributed by atoms with Crippen molar-refractivity contribution in [2.45, 2.75) is 39.0 Å². The molecule has 1 rings (SSSR count). The molecule has 1 aromatic carbocycles. The minimum Gasteiger partial charge on any atom is -0.493 e. The van der Waals surface area contributed by atoms with E-state index in [1.54, 1.807) is 7.11 Å². The second-order valence-corrected chi connectivity index (χ2v) is 4.40. The number of rotatable bonds is 9. The highest BCUT2D eigenvalue weighted by molar-refractivity contribution is 5.46. The molecule has 0 heterocycles. The average Bonchev–Trinajstić information content (AvgIpc) is 2.41.